The molecule has 0 spiro atoms. The number of ketones is 1. The van der Waals surface area contributed by atoms with Crippen molar-refractivity contribution in [3.05, 3.63) is 71.8 Å². The molecule has 0 amide bonds. The molecule has 0 atom stereocenters. The molecule has 1 N–H and O–H groups in total. The van der Waals surface area contributed by atoms with Crippen LogP contribution < -0.4 is 10.3 Å². The predicted octanol–water partition coefficient (Wildman–Crippen LogP) is 2.70. The molecule has 0 bridgehead atoms. The van der Waals surface area contributed by atoms with E-state index in [1.165, 1.54) is 0 Å². The number of morpholine rings is 1. The Labute approximate surface area is 196 Å². The fourth-order valence-electron chi connectivity index (χ4n) is 3.69. The summed E-state index contributed by atoms with van der Waals surface area (Å²) in [6.45, 7) is 4.66. The van der Waals surface area contributed by atoms with Crippen LogP contribution in [0, 0.1) is 6.92 Å². The first-order valence-corrected chi connectivity index (χ1v) is 11.0. The van der Waals surface area contributed by atoms with Gasteiger partial charge in [-0.2, -0.15) is 15.1 Å². The SMILES string of the molecule is Cc1ccccc1/C=N/Nc1nc(N2CCOCC2)nc2c1ncn2CC(=O)c1ccccn1. The number of rotatable bonds is 7. The molecule has 1 aliphatic rings. The smallest absolute Gasteiger partial charge is 0.229 e. The summed E-state index contributed by atoms with van der Waals surface area (Å²) >= 11 is 0. The van der Waals surface area contributed by atoms with Gasteiger partial charge in [-0.25, -0.2) is 4.98 Å². The van der Waals surface area contributed by atoms with E-state index >= 15 is 0 Å². The Balaban J connectivity index is 1.49. The number of hydrazone groups is 1. The van der Waals surface area contributed by atoms with Gasteiger partial charge in [-0.15, -0.1) is 0 Å². The second-order valence-corrected chi connectivity index (χ2v) is 7.88. The van der Waals surface area contributed by atoms with Crippen LogP contribution in [0.1, 0.15) is 21.6 Å². The first-order chi connectivity index (χ1) is 16.7. The second kappa shape index (κ2) is 9.75. The lowest BCUT2D eigenvalue weighted by atomic mass is 10.1. The summed E-state index contributed by atoms with van der Waals surface area (Å²) in [5.41, 5.74) is 6.63. The third kappa shape index (κ3) is 4.62. The average Bonchev–Trinajstić information content (AvgIpc) is 3.29. The maximum atomic E-state index is 12.8. The number of pyridine rings is 1. The quantitative estimate of drug-likeness (QED) is 0.257. The highest BCUT2D eigenvalue weighted by molar-refractivity contribution is 5.95. The molecule has 172 valence electrons. The van der Waals surface area contributed by atoms with Gasteiger partial charge in [-0.1, -0.05) is 30.3 Å². The molecule has 0 unspecified atom stereocenters. The number of hydrogen-bond acceptors (Lipinski definition) is 9. The molecule has 1 saturated heterocycles. The van der Waals surface area contributed by atoms with Crippen molar-refractivity contribution in [3.63, 3.8) is 0 Å². The number of hydrogen-bond donors (Lipinski definition) is 1. The Morgan fingerprint density at radius 1 is 1.12 bits per heavy atom. The minimum Gasteiger partial charge on any atom is -0.378 e. The summed E-state index contributed by atoms with van der Waals surface area (Å²) in [5.74, 6) is 0.885. The molecule has 0 radical (unpaired) electrons. The number of benzene rings is 1. The van der Waals surface area contributed by atoms with Gasteiger partial charge in [0.2, 0.25) is 11.7 Å². The van der Waals surface area contributed by atoms with Crippen LogP contribution in [0.15, 0.2) is 60.1 Å². The maximum Gasteiger partial charge on any atom is 0.229 e. The molecule has 4 aromatic rings. The molecule has 10 heteroatoms. The van der Waals surface area contributed by atoms with Crippen molar-refractivity contribution in [2.24, 2.45) is 5.10 Å². The van der Waals surface area contributed by atoms with E-state index in [1.807, 2.05) is 31.2 Å². The Morgan fingerprint density at radius 3 is 2.74 bits per heavy atom. The van der Waals surface area contributed by atoms with Gasteiger partial charge < -0.3 is 14.2 Å². The summed E-state index contributed by atoms with van der Waals surface area (Å²) < 4.78 is 7.19. The number of nitrogens with one attached hydrogen (secondary N) is 1. The van der Waals surface area contributed by atoms with E-state index in [0.717, 1.165) is 11.1 Å². The first kappa shape index (κ1) is 21.7. The lowest BCUT2D eigenvalue weighted by Crippen LogP contribution is -2.37. The van der Waals surface area contributed by atoms with Gasteiger partial charge in [0.1, 0.15) is 5.69 Å². The molecule has 0 saturated carbocycles. The van der Waals surface area contributed by atoms with E-state index in [-0.39, 0.29) is 12.3 Å². The molecular weight excluding hydrogens is 432 g/mol. The molecule has 34 heavy (non-hydrogen) atoms. The maximum absolute atomic E-state index is 12.8. The van der Waals surface area contributed by atoms with E-state index in [2.05, 4.69) is 25.4 Å². The van der Waals surface area contributed by atoms with Crippen LogP contribution in [0.5, 0.6) is 0 Å². The molecule has 1 aromatic carbocycles. The van der Waals surface area contributed by atoms with Crippen LogP contribution >= 0.6 is 0 Å². The van der Waals surface area contributed by atoms with Gasteiger partial charge in [-0.05, 0) is 30.2 Å². The van der Waals surface area contributed by atoms with Crippen molar-refractivity contribution in [1.29, 1.82) is 0 Å². The van der Waals surface area contributed by atoms with Crippen LogP contribution in [-0.4, -0.2) is 62.8 Å². The molecular formula is C24H24N8O2. The first-order valence-electron chi connectivity index (χ1n) is 11.0. The molecule has 0 aliphatic carbocycles. The van der Waals surface area contributed by atoms with Gasteiger partial charge in [0.25, 0.3) is 0 Å². The topological polar surface area (TPSA) is 110 Å². The predicted molar refractivity (Wildman–Crippen MR) is 129 cm³/mol. The summed E-state index contributed by atoms with van der Waals surface area (Å²) in [7, 11) is 0. The summed E-state index contributed by atoms with van der Waals surface area (Å²) in [6.07, 6.45) is 4.95. The molecule has 4 heterocycles. The fraction of sp³-hybridized carbons (Fsp3) is 0.250. The van der Waals surface area contributed by atoms with Crippen LogP contribution in [0.4, 0.5) is 11.8 Å². The van der Waals surface area contributed by atoms with Crippen LogP contribution in [0.25, 0.3) is 11.2 Å². The minimum atomic E-state index is -0.126. The lowest BCUT2D eigenvalue weighted by molar-refractivity contribution is 0.0968. The number of aromatic nitrogens is 5. The van der Waals surface area contributed by atoms with Crippen molar-refractivity contribution < 1.29 is 9.53 Å². The summed E-state index contributed by atoms with van der Waals surface area (Å²) in [6, 6.07) is 13.2. The fourth-order valence-corrected chi connectivity index (χ4v) is 3.69. The average molecular weight is 457 g/mol. The van der Waals surface area contributed by atoms with Gasteiger partial charge >= 0.3 is 0 Å². The third-order valence-electron chi connectivity index (χ3n) is 5.57. The second-order valence-electron chi connectivity index (χ2n) is 7.88. The zero-order chi connectivity index (χ0) is 23.3. The Hall–Kier alpha value is -4.18. The van der Waals surface area contributed by atoms with E-state index in [4.69, 9.17) is 14.7 Å². The molecule has 3 aromatic heterocycles. The highest BCUT2D eigenvalue weighted by atomic mass is 16.5. The highest BCUT2D eigenvalue weighted by Gasteiger charge is 2.20. The zero-order valence-electron chi connectivity index (χ0n) is 18.8. The molecule has 5 rings (SSSR count). The Kier molecular flexibility index (Phi) is 6.21. The van der Waals surface area contributed by atoms with Gasteiger partial charge in [0, 0.05) is 19.3 Å². The van der Waals surface area contributed by atoms with Crippen molar-refractivity contribution in [1.82, 2.24) is 24.5 Å². The van der Waals surface area contributed by atoms with Crippen LogP contribution in [0.3, 0.4) is 0 Å². The normalized spacial score (nSPS) is 14.1. The summed E-state index contributed by atoms with van der Waals surface area (Å²) in [5, 5.41) is 4.39. The van der Waals surface area contributed by atoms with E-state index in [0.29, 0.717) is 54.9 Å². The number of nitrogens with zero attached hydrogens (tertiary/aromatic N) is 7. The van der Waals surface area contributed by atoms with Gasteiger partial charge in [0.05, 0.1) is 32.3 Å². The van der Waals surface area contributed by atoms with Crippen molar-refractivity contribution in [3.8, 4) is 0 Å². The van der Waals surface area contributed by atoms with Crippen molar-refractivity contribution >= 4 is 34.9 Å². The number of anilines is 2. The zero-order valence-corrected chi connectivity index (χ0v) is 18.8. The van der Waals surface area contributed by atoms with E-state index in [9.17, 15) is 4.79 Å². The number of imidazole rings is 1. The van der Waals surface area contributed by atoms with Gasteiger partial charge in [0.15, 0.2) is 17.0 Å². The monoisotopic (exact) mass is 456 g/mol. The number of fused-ring (bicyclic) bond motifs is 1. The number of carbonyl (C=O) groups is 1. The molecule has 1 fully saturated rings. The number of Topliss-reactive ketones (excluding diaryl/α,β-unsaturated/α-hetero) is 1. The third-order valence-corrected chi connectivity index (χ3v) is 5.57. The highest BCUT2D eigenvalue weighted by Crippen LogP contribution is 2.23. The number of carbonyl (C=O) groups excluding carboxylic acids is 1. The summed E-state index contributed by atoms with van der Waals surface area (Å²) in [4.78, 5) is 32.9. The number of aryl methyl sites for hydroxylation is 1. The minimum absolute atomic E-state index is 0.0684. The number of ether oxygens (including phenoxy) is 1. The van der Waals surface area contributed by atoms with Crippen molar-refractivity contribution in [2.45, 2.75) is 13.5 Å². The van der Waals surface area contributed by atoms with E-state index < -0.39 is 0 Å². The standard InChI is InChI=1S/C24H24N8O2/c1-17-6-2-3-7-18(17)14-27-30-22-21-23(29-24(28-22)31-10-12-34-13-11-31)32(16-26-21)15-20(33)19-8-4-5-9-25-19/h2-9,14,16H,10-13,15H2,1H3,(H,28,29,30)/b27-14+. The Bertz CT molecular complexity index is 1330. The lowest BCUT2D eigenvalue weighted by Gasteiger charge is -2.27. The van der Waals surface area contributed by atoms with Crippen LogP contribution in [-0.2, 0) is 11.3 Å². The van der Waals surface area contributed by atoms with Crippen molar-refractivity contribution in [2.75, 3.05) is 36.6 Å². The molecule has 10 nitrogen and oxygen atoms in total. The van der Waals surface area contributed by atoms with Crippen LogP contribution in [0.2, 0.25) is 0 Å². The largest absolute Gasteiger partial charge is 0.378 e. The Morgan fingerprint density at radius 2 is 1.94 bits per heavy atom. The molecule has 1 aliphatic heterocycles. The van der Waals surface area contributed by atoms with E-state index in [1.54, 1.807) is 41.5 Å². The van der Waals surface area contributed by atoms with Gasteiger partial charge in [-0.3, -0.25) is 15.2 Å².